The number of rotatable bonds is 10. The zero-order chi connectivity index (χ0) is 24.6. The molecule has 0 unspecified atom stereocenters. The molecule has 0 saturated carbocycles. The van der Waals surface area contributed by atoms with Gasteiger partial charge in [-0.3, -0.25) is 14.5 Å². The highest BCUT2D eigenvalue weighted by atomic mass is 32.1. The Labute approximate surface area is 210 Å². The second-order valence-electron chi connectivity index (χ2n) is 9.20. The molecule has 1 aromatic heterocycles. The lowest BCUT2D eigenvalue weighted by Gasteiger charge is -2.34. The van der Waals surface area contributed by atoms with Gasteiger partial charge in [0.1, 0.15) is 17.4 Å². The minimum Gasteiger partial charge on any atom is -0.492 e. The molecule has 35 heavy (non-hydrogen) atoms. The van der Waals surface area contributed by atoms with Crippen LogP contribution in [0.5, 0.6) is 5.75 Å². The van der Waals surface area contributed by atoms with Gasteiger partial charge in [-0.1, -0.05) is 61.6 Å². The molecule has 2 aromatic carbocycles. The fourth-order valence-corrected chi connectivity index (χ4v) is 5.09. The highest BCUT2D eigenvalue weighted by Gasteiger charge is 2.21. The number of carbonyl (C=O) groups is 2. The smallest absolute Gasteiger partial charge is 0.226 e. The Morgan fingerprint density at radius 3 is 2.60 bits per heavy atom. The number of fused-ring (bicyclic) bond motifs is 1. The minimum absolute atomic E-state index is 0.0181. The summed E-state index contributed by atoms with van der Waals surface area (Å²) < 4.78 is 6.05. The van der Waals surface area contributed by atoms with E-state index in [1.165, 1.54) is 16.7 Å². The van der Waals surface area contributed by atoms with E-state index in [-0.39, 0.29) is 24.7 Å². The van der Waals surface area contributed by atoms with E-state index >= 15 is 0 Å². The van der Waals surface area contributed by atoms with Crippen LogP contribution in [-0.4, -0.2) is 71.1 Å². The lowest BCUT2D eigenvalue weighted by atomic mass is 10.1. The van der Waals surface area contributed by atoms with Crippen molar-refractivity contribution in [1.29, 1.82) is 0 Å². The molecule has 1 aliphatic heterocycles. The van der Waals surface area contributed by atoms with E-state index < -0.39 is 0 Å². The number of ether oxygens (including phenoxy) is 1. The molecule has 2 heterocycles. The van der Waals surface area contributed by atoms with E-state index in [1.807, 2.05) is 29.2 Å². The van der Waals surface area contributed by atoms with E-state index in [0.717, 1.165) is 42.2 Å². The summed E-state index contributed by atoms with van der Waals surface area (Å²) >= 11 is 1.39. The molecule has 1 saturated heterocycles. The van der Waals surface area contributed by atoms with Crippen molar-refractivity contribution < 1.29 is 14.3 Å². The SMILES string of the molecule is CC(C)Cc1nnc(NC(=O)CCC(=O)N2CCN(CCOc3cccc4ccccc34)CC2)s1. The molecule has 0 aliphatic carbocycles. The predicted molar refractivity (Wildman–Crippen MR) is 139 cm³/mol. The monoisotopic (exact) mass is 495 g/mol. The number of carbonyl (C=O) groups excluding carboxylic acids is 2. The Kier molecular flexibility index (Phi) is 8.65. The number of amides is 2. The maximum Gasteiger partial charge on any atom is 0.226 e. The van der Waals surface area contributed by atoms with Gasteiger partial charge in [0.05, 0.1) is 0 Å². The molecule has 9 heteroatoms. The molecule has 1 N–H and O–H groups in total. The molecule has 8 nitrogen and oxygen atoms in total. The van der Waals surface area contributed by atoms with Gasteiger partial charge in [0.15, 0.2) is 0 Å². The van der Waals surface area contributed by atoms with Crippen LogP contribution in [0.1, 0.15) is 31.7 Å². The fourth-order valence-electron chi connectivity index (χ4n) is 4.12. The third-order valence-corrected chi connectivity index (χ3v) is 6.86. The van der Waals surface area contributed by atoms with Gasteiger partial charge in [-0.25, -0.2) is 0 Å². The Morgan fingerprint density at radius 1 is 1.03 bits per heavy atom. The van der Waals surface area contributed by atoms with Gasteiger partial charge in [0, 0.05) is 57.4 Å². The van der Waals surface area contributed by atoms with Gasteiger partial charge in [0.25, 0.3) is 0 Å². The normalized spacial score (nSPS) is 14.4. The third-order valence-electron chi connectivity index (χ3n) is 6.00. The van der Waals surface area contributed by atoms with E-state index in [1.54, 1.807) is 0 Å². The van der Waals surface area contributed by atoms with Gasteiger partial charge in [-0.05, 0) is 17.4 Å². The first-order valence-electron chi connectivity index (χ1n) is 12.2. The molecular weight excluding hydrogens is 462 g/mol. The number of hydrogen-bond acceptors (Lipinski definition) is 7. The van der Waals surface area contributed by atoms with Gasteiger partial charge >= 0.3 is 0 Å². The van der Waals surface area contributed by atoms with Crippen molar-refractivity contribution in [1.82, 2.24) is 20.0 Å². The molecule has 2 amide bonds. The number of benzene rings is 2. The number of piperazine rings is 1. The average Bonchev–Trinajstić information content (AvgIpc) is 3.29. The Bertz CT molecular complexity index is 1140. The van der Waals surface area contributed by atoms with E-state index in [2.05, 4.69) is 52.5 Å². The summed E-state index contributed by atoms with van der Waals surface area (Å²) in [7, 11) is 0. The first-order valence-corrected chi connectivity index (χ1v) is 13.0. The first kappa shape index (κ1) is 25.1. The summed E-state index contributed by atoms with van der Waals surface area (Å²) in [6, 6.07) is 14.3. The zero-order valence-corrected chi connectivity index (χ0v) is 21.2. The molecule has 0 bridgehead atoms. The van der Waals surface area contributed by atoms with Crippen LogP contribution in [-0.2, 0) is 16.0 Å². The maximum atomic E-state index is 12.6. The summed E-state index contributed by atoms with van der Waals surface area (Å²) in [5.74, 6) is 1.21. The van der Waals surface area contributed by atoms with Crippen LogP contribution < -0.4 is 10.1 Å². The lowest BCUT2D eigenvalue weighted by molar-refractivity contribution is -0.134. The van der Waals surface area contributed by atoms with E-state index in [9.17, 15) is 9.59 Å². The first-order chi connectivity index (χ1) is 17.0. The third kappa shape index (κ3) is 7.22. The van der Waals surface area contributed by atoms with Crippen molar-refractivity contribution in [2.24, 2.45) is 5.92 Å². The minimum atomic E-state index is -0.199. The van der Waals surface area contributed by atoms with Crippen molar-refractivity contribution >= 4 is 39.1 Å². The molecule has 0 atom stereocenters. The number of nitrogens with zero attached hydrogens (tertiary/aromatic N) is 4. The molecule has 4 rings (SSSR count). The molecule has 1 aliphatic rings. The summed E-state index contributed by atoms with van der Waals surface area (Å²) in [6.45, 7) is 8.60. The largest absolute Gasteiger partial charge is 0.492 e. The second-order valence-corrected chi connectivity index (χ2v) is 10.3. The van der Waals surface area contributed by atoms with E-state index in [4.69, 9.17) is 4.74 Å². The summed E-state index contributed by atoms with van der Waals surface area (Å²) in [5, 5.41) is 14.6. The summed E-state index contributed by atoms with van der Waals surface area (Å²) in [6.07, 6.45) is 1.19. The zero-order valence-electron chi connectivity index (χ0n) is 20.4. The number of nitrogens with one attached hydrogen (secondary N) is 1. The summed E-state index contributed by atoms with van der Waals surface area (Å²) in [5.41, 5.74) is 0. The highest BCUT2D eigenvalue weighted by Crippen LogP contribution is 2.25. The fraction of sp³-hybridized carbons (Fsp3) is 0.462. The molecule has 0 spiro atoms. The molecular formula is C26H33N5O3S. The van der Waals surface area contributed by atoms with Crippen LogP contribution in [0.25, 0.3) is 10.8 Å². The Hall–Kier alpha value is -3.04. The van der Waals surface area contributed by atoms with E-state index in [0.29, 0.717) is 30.7 Å². The van der Waals surface area contributed by atoms with Crippen molar-refractivity contribution in [3.05, 3.63) is 47.5 Å². The van der Waals surface area contributed by atoms with Gasteiger partial charge in [0.2, 0.25) is 16.9 Å². The molecule has 1 fully saturated rings. The average molecular weight is 496 g/mol. The van der Waals surface area contributed by atoms with Crippen molar-refractivity contribution in [2.75, 3.05) is 44.6 Å². The maximum absolute atomic E-state index is 12.6. The van der Waals surface area contributed by atoms with Gasteiger partial charge in [-0.2, -0.15) is 0 Å². The lowest BCUT2D eigenvalue weighted by Crippen LogP contribution is -2.49. The predicted octanol–water partition coefficient (Wildman–Crippen LogP) is 3.83. The van der Waals surface area contributed by atoms with Crippen LogP contribution in [0, 0.1) is 5.92 Å². The van der Waals surface area contributed by atoms with Crippen LogP contribution >= 0.6 is 11.3 Å². The Balaban J connectivity index is 1.14. The molecule has 3 aromatic rings. The van der Waals surface area contributed by atoms with Crippen LogP contribution in [0.4, 0.5) is 5.13 Å². The van der Waals surface area contributed by atoms with Crippen LogP contribution in [0.2, 0.25) is 0 Å². The number of anilines is 1. The molecule has 186 valence electrons. The van der Waals surface area contributed by atoms with Crippen molar-refractivity contribution in [2.45, 2.75) is 33.1 Å². The molecule has 0 radical (unpaired) electrons. The quantitative estimate of drug-likeness (QED) is 0.460. The van der Waals surface area contributed by atoms with Crippen molar-refractivity contribution in [3.8, 4) is 5.75 Å². The van der Waals surface area contributed by atoms with Crippen LogP contribution in [0.3, 0.4) is 0 Å². The van der Waals surface area contributed by atoms with Gasteiger partial charge in [-0.15, -0.1) is 10.2 Å². The topological polar surface area (TPSA) is 87.7 Å². The van der Waals surface area contributed by atoms with Gasteiger partial charge < -0.3 is 15.0 Å². The second kappa shape index (κ2) is 12.1. The van der Waals surface area contributed by atoms with Crippen LogP contribution in [0.15, 0.2) is 42.5 Å². The number of hydrogen-bond donors (Lipinski definition) is 1. The van der Waals surface area contributed by atoms with Crippen molar-refractivity contribution in [3.63, 3.8) is 0 Å². The standard InChI is InChI=1S/C26H33N5O3S/c1-19(2)18-24-28-29-26(35-24)27-23(32)10-11-25(33)31-14-12-30(13-15-31)16-17-34-22-9-5-7-20-6-3-4-8-21(20)22/h3-9,19H,10-18H2,1-2H3,(H,27,29,32). The highest BCUT2D eigenvalue weighted by molar-refractivity contribution is 7.15. The number of aromatic nitrogens is 2. The summed E-state index contributed by atoms with van der Waals surface area (Å²) in [4.78, 5) is 29.0. The Morgan fingerprint density at radius 2 is 1.80 bits per heavy atom.